The number of halogens is 2. The number of anilines is 1. The van der Waals surface area contributed by atoms with E-state index in [9.17, 15) is 4.79 Å². The van der Waals surface area contributed by atoms with Gasteiger partial charge in [-0.1, -0.05) is 47.5 Å². The first-order chi connectivity index (χ1) is 14.1. The van der Waals surface area contributed by atoms with E-state index in [1.807, 2.05) is 60.7 Å². The van der Waals surface area contributed by atoms with Gasteiger partial charge in [-0.2, -0.15) is 0 Å². The van der Waals surface area contributed by atoms with Crippen molar-refractivity contribution >= 4 is 40.7 Å². The van der Waals surface area contributed by atoms with Crippen molar-refractivity contribution in [3.63, 3.8) is 0 Å². The summed E-state index contributed by atoms with van der Waals surface area (Å²) in [6.45, 7) is 1.21. The topological polar surface area (TPSA) is 29.5 Å². The number of hydrogen-bond donors (Lipinski definition) is 0. The highest BCUT2D eigenvalue weighted by molar-refractivity contribution is 6.31. The molecule has 5 heteroatoms. The van der Waals surface area contributed by atoms with Crippen molar-refractivity contribution < 1.29 is 9.53 Å². The van der Waals surface area contributed by atoms with E-state index in [1.165, 1.54) is 0 Å². The van der Waals surface area contributed by atoms with Gasteiger partial charge in [-0.15, -0.1) is 0 Å². The van der Waals surface area contributed by atoms with Crippen LogP contribution in [0.3, 0.4) is 0 Å². The number of ether oxygens (including phenoxy) is 1. The first kappa shape index (κ1) is 18.3. The molecule has 144 valence electrons. The van der Waals surface area contributed by atoms with Gasteiger partial charge >= 0.3 is 0 Å². The van der Waals surface area contributed by atoms with Gasteiger partial charge in [0.05, 0.1) is 12.2 Å². The largest absolute Gasteiger partial charge is 0.490 e. The van der Waals surface area contributed by atoms with E-state index < -0.39 is 0 Å². The molecule has 0 amide bonds. The molecule has 2 heterocycles. The SMILES string of the molecule is O=CC1C=C(c2cccc(Cl)c2)c2cc(-c3ccc(Cl)cc3)cc3c2N1CCO3. The quantitative estimate of drug-likeness (QED) is 0.495. The fourth-order valence-electron chi connectivity index (χ4n) is 4.06. The van der Waals surface area contributed by atoms with Crippen LogP contribution in [0.25, 0.3) is 16.7 Å². The zero-order valence-electron chi connectivity index (χ0n) is 15.4. The Hall–Kier alpha value is -2.75. The van der Waals surface area contributed by atoms with E-state index in [-0.39, 0.29) is 6.04 Å². The lowest BCUT2D eigenvalue weighted by atomic mass is 9.87. The molecule has 0 fully saturated rings. The molecule has 0 saturated carbocycles. The summed E-state index contributed by atoms with van der Waals surface area (Å²) in [6, 6.07) is 19.3. The van der Waals surface area contributed by atoms with Gasteiger partial charge in [-0.05, 0) is 64.7 Å². The minimum Gasteiger partial charge on any atom is -0.490 e. The normalized spacial score (nSPS) is 17.2. The average molecular weight is 422 g/mol. The maximum Gasteiger partial charge on any atom is 0.146 e. The second-order valence-corrected chi connectivity index (χ2v) is 8.01. The van der Waals surface area contributed by atoms with Crippen LogP contribution in [0, 0.1) is 0 Å². The number of rotatable bonds is 3. The molecule has 2 aliphatic heterocycles. The minimum absolute atomic E-state index is 0.333. The van der Waals surface area contributed by atoms with Crippen LogP contribution in [-0.2, 0) is 4.79 Å². The van der Waals surface area contributed by atoms with Gasteiger partial charge < -0.3 is 14.4 Å². The Bertz CT molecular complexity index is 1140. The number of benzene rings is 3. The van der Waals surface area contributed by atoms with Crippen molar-refractivity contribution in [2.24, 2.45) is 0 Å². The Balaban J connectivity index is 1.75. The van der Waals surface area contributed by atoms with Crippen LogP contribution < -0.4 is 9.64 Å². The van der Waals surface area contributed by atoms with Crippen LogP contribution in [0.4, 0.5) is 5.69 Å². The molecule has 3 aromatic rings. The van der Waals surface area contributed by atoms with Crippen LogP contribution in [-0.4, -0.2) is 25.5 Å². The molecule has 0 saturated heterocycles. The van der Waals surface area contributed by atoms with Crippen molar-refractivity contribution in [1.29, 1.82) is 0 Å². The summed E-state index contributed by atoms with van der Waals surface area (Å²) in [7, 11) is 0. The Morgan fingerprint density at radius 1 is 0.931 bits per heavy atom. The van der Waals surface area contributed by atoms with Crippen LogP contribution in [0.1, 0.15) is 11.1 Å². The molecule has 3 nitrogen and oxygen atoms in total. The fraction of sp³-hybridized carbons (Fsp3) is 0.125. The third-order valence-electron chi connectivity index (χ3n) is 5.39. The number of nitrogens with zero attached hydrogens (tertiary/aromatic N) is 1. The number of aldehydes is 1. The lowest BCUT2D eigenvalue weighted by molar-refractivity contribution is -0.108. The Morgan fingerprint density at radius 2 is 1.76 bits per heavy atom. The molecule has 0 radical (unpaired) electrons. The summed E-state index contributed by atoms with van der Waals surface area (Å²) in [5, 5.41) is 1.36. The minimum atomic E-state index is -0.333. The Morgan fingerprint density at radius 3 is 2.52 bits per heavy atom. The smallest absolute Gasteiger partial charge is 0.146 e. The molecule has 1 unspecified atom stereocenters. The molecule has 5 rings (SSSR count). The summed E-state index contributed by atoms with van der Waals surface area (Å²) in [4.78, 5) is 14.0. The maximum atomic E-state index is 11.9. The predicted octanol–water partition coefficient (Wildman–Crippen LogP) is 5.87. The van der Waals surface area contributed by atoms with Gasteiger partial charge in [-0.25, -0.2) is 0 Å². The van der Waals surface area contributed by atoms with E-state index in [2.05, 4.69) is 11.0 Å². The molecule has 0 aromatic heterocycles. The molecule has 3 aromatic carbocycles. The highest BCUT2D eigenvalue weighted by Gasteiger charge is 2.33. The summed E-state index contributed by atoms with van der Waals surface area (Å²) in [6.07, 6.45) is 3.00. The lowest BCUT2D eigenvalue weighted by Crippen LogP contribution is -2.43. The Labute approximate surface area is 179 Å². The molecule has 0 bridgehead atoms. The molecular weight excluding hydrogens is 405 g/mol. The van der Waals surface area contributed by atoms with Crippen LogP contribution in [0.5, 0.6) is 5.75 Å². The van der Waals surface area contributed by atoms with Gasteiger partial charge in [0.2, 0.25) is 0 Å². The summed E-state index contributed by atoms with van der Waals surface area (Å²) >= 11 is 12.3. The number of hydrogen-bond acceptors (Lipinski definition) is 3. The van der Waals surface area contributed by atoms with Crippen molar-refractivity contribution in [1.82, 2.24) is 0 Å². The number of carbonyl (C=O) groups is 1. The van der Waals surface area contributed by atoms with Crippen molar-refractivity contribution in [3.8, 4) is 16.9 Å². The van der Waals surface area contributed by atoms with Gasteiger partial charge in [0.25, 0.3) is 0 Å². The molecule has 0 N–H and O–H groups in total. The van der Waals surface area contributed by atoms with Crippen LogP contribution >= 0.6 is 23.2 Å². The molecule has 1 atom stereocenters. The molecule has 2 aliphatic rings. The van der Waals surface area contributed by atoms with E-state index in [0.29, 0.717) is 23.2 Å². The van der Waals surface area contributed by atoms with Crippen LogP contribution in [0.15, 0.2) is 66.7 Å². The van der Waals surface area contributed by atoms with Crippen molar-refractivity contribution in [2.45, 2.75) is 6.04 Å². The highest BCUT2D eigenvalue weighted by atomic mass is 35.5. The van der Waals surface area contributed by atoms with E-state index in [1.54, 1.807) is 0 Å². The monoisotopic (exact) mass is 421 g/mol. The van der Waals surface area contributed by atoms with Gasteiger partial charge in [-0.3, -0.25) is 0 Å². The lowest BCUT2D eigenvalue weighted by Gasteiger charge is -2.39. The second-order valence-electron chi connectivity index (χ2n) is 7.14. The number of carbonyl (C=O) groups excluding carboxylic acids is 1. The average Bonchev–Trinajstić information content (AvgIpc) is 2.74. The van der Waals surface area contributed by atoms with Crippen LogP contribution in [0.2, 0.25) is 10.0 Å². The molecule has 0 aliphatic carbocycles. The fourth-order valence-corrected chi connectivity index (χ4v) is 4.38. The van der Waals surface area contributed by atoms with Gasteiger partial charge in [0, 0.05) is 15.6 Å². The Kier molecular flexibility index (Phi) is 4.57. The summed E-state index contributed by atoms with van der Waals surface area (Å²) in [5.41, 5.74) is 6.05. The third kappa shape index (κ3) is 3.21. The summed E-state index contributed by atoms with van der Waals surface area (Å²) in [5.74, 6) is 0.790. The molecule has 29 heavy (non-hydrogen) atoms. The third-order valence-corrected chi connectivity index (χ3v) is 5.88. The van der Waals surface area contributed by atoms with Crippen molar-refractivity contribution in [3.05, 3.63) is 87.9 Å². The zero-order valence-corrected chi connectivity index (χ0v) is 17.0. The second kappa shape index (κ2) is 7.25. The molecule has 0 spiro atoms. The predicted molar refractivity (Wildman–Crippen MR) is 118 cm³/mol. The van der Waals surface area contributed by atoms with Gasteiger partial charge in [0.15, 0.2) is 0 Å². The standard InChI is InChI=1S/C24H17Cl2NO2/c25-18-6-4-15(5-7-18)17-11-22-21(16-2-1-3-19(26)10-16)13-20(14-28)27-8-9-29-23(12-17)24(22)27/h1-7,10-14,20H,8-9H2. The first-order valence-corrected chi connectivity index (χ1v) is 10.2. The first-order valence-electron chi connectivity index (χ1n) is 9.41. The van der Waals surface area contributed by atoms with E-state index >= 15 is 0 Å². The molecular formula is C24H17Cl2NO2. The van der Waals surface area contributed by atoms with Gasteiger partial charge in [0.1, 0.15) is 24.7 Å². The van der Waals surface area contributed by atoms with E-state index in [4.69, 9.17) is 27.9 Å². The maximum absolute atomic E-state index is 11.9. The van der Waals surface area contributed by atoms with E-state index in [0.717, 1.165) is 45.5 Å². The highest BCUT2D eigenvalue weighted by Crippen LogP contribution is 2.47. The summed E-state index contributed by atoms with van der Waals surface area (Å²) < 4.78 is 6.02. The zero-order chi connectivity index (χ0) is 20.0. The van der Waals surface area contributed by atoms with Crippen molar-refractivity contribution in [2.75, 3.05) is 18.1 Å².